The Bertz CT molecular complexity index is 857. The van der Waals surface area contributed by atoms with Crippen LogP contribution >= 0.6 is 0 Å². The molecule has 162 valence electrons. The van der Waals surface area contributed by atoms with Crippen LogP contribution in [0.2, 0.25) is 0 Å². The summed E-state index contributed by atoms with van der Waals surface area (Å²) in [7, 11) is 7.10. The third kappa shape index (κ3) is 5.31. The van der Waals surface area contributed by atoms with Gasteiger partial charge >= 0.3 is 0 Å². The lowest BCUT2D eigenvalue weighted by Gasteiger charge is -2.30. The molecule has 8 nitrogen and oxygen atoms in total. The van der Waals surface area contributed by atoms with Crippen LogP contribution in [0.15, 0.2) is 24.4 Å². The predicted octanol–water partition coefficient (Wildman–Crippen LogP) is 3.02. The number of hydrogen-bond donors (Lipinski definition) is 2. The Morgan fingerprint density at radius 1 is 1.03 bits per heavy atom. The summed E-state index contributed by atoms with van der Waals surface area (Å²) in [5.41, 5.74) is 1.59. The van der Waals surface area contributed by atoms with Gasteiger partial charge in [0.15, 0.2) is 0 Å². The van der Waals surface area contributed by atoms with Gasteiger partial charge in [0.25, 0.3) is 5.91 Å². The fourth-order valence-corrected chi connectivity index (χ4v) is 3.73. The first kappa shape index (κ1) is 21.7. The van der Waals surface area contributed by atoms with Crippen molar-refractivity contribution in [1.82, 2.24) is 15.3 Å². The molecule has 0 aliphatic heterocycles. The number of amides is 1. The average Bonchev–Trinajstić information content (AvgIpc) is 2.75. The number of nitrogens with one attached hydrogen (secondary N) is 2. The number of methoxy groups -OCH3 is 2. The van der Waals surface area contributed by atoms with E-state index in [1.807, 2.05) is 32.1 Å². The summed E-state index contributed by atoms with van der Waals surface area (Å²) in [5, 5.41) is 6.58. The summed E-state index contributed by atoms with van der Waals surface area (Å²) in [6.07, 6.45) is 5.54. The van der Waals surface area contributed by atoms with Gasteiger partial charge in [-0.3, -0.25) is 4.79 Å². The molecule has 1 saturated carbocycles. The lowest BCUT2D eigenvalue weighted by molar-refractivity contribution is 0.0926. The number of aryl methyl sites for hydroxylation is 1. The molecular weight excluding hydrogens is 382 g/mol. The van der Waals surface area contributed by atoms with Gasteiger partial charge in [-0.05, 0) is 44.7 Å². The molecule has 1 aromatic heterocycles. The van der Waals surface area contributed by atoms with Crippen molar-refractivity contribution in [2.45, 2.75) is 44.7 Å². The number of carbonyl (C=O) groups is 1. The van der Waals surface area contributed by atoms with Crippen molar-refractivity contribution in [2.24, 2.45) is 0 Å². The second kappa shape index (κ2) is 9.65. The zero-order chi connectivity index (χ0) is 21.7. The topological polar surface area (TPSA) is 88.6 Å². The molecule has 0 bridgehead atoms. The first-order chi connectivity index (χ1) is 14.4. The summed E-state index contributed by atoms with van der Waals surface area (Å²) >= 11 is 0. The van der Waals surface area contributed by atoms with E-state index in [4.69, 9.17) is 9.47 Å². The van der Waals surface area contributed by atoms with Crippen LogP contribution < -0.4 is 25.0 Å². The Hall–Kier alpha value is -3.03. The van der Waals surface area contributed by atoms with Crippen molar-refractivity contribution in [1.29, 1.82) is 0 Å². The molecular formula is C22H31N5O3. The normalized spacial score (nSPS) is 18.4. The molecule has 1 fully saturated rings. The summed E-state index contributed by atoms with van der Waals surface area (Å²) in [5.74, 6) is 2.66. The highest BCUT2D eigenvalue weighted by molar-refractivity contribution is 5.95. The van der Waals surface area contributed by atoms with Crippen LogP contribution in [0, 0.1) is 6.92 Å². The fourth-order valence-electron chi connectivity index (χ4n) is 3.73. The van der Waals surface area contributed by atoms with Crippen LogP contribution in [0.3, 0.4) is 0 Å². The molecule has 8 heteroatoms. The Morgan fingerprint density at radius 2 is 1.63 bits per heavy atom. The van der Waals surface area contributed by atoms with Gasteiger partial charge in [0.1, 0.15) is 17.3 Å². The minimum Gasteiger partial charge on any atom is -0.497 e. The summed E-state index contributed by atoms with van der Waals surface area (Å²) in [6.45, 7) is 2.00. The van der Waals surface area contributed by atoms with E-state index < -0.39 is 0 Å². The van der Waals surface area contributed by atoms with Crippen LogP contribution in [0.4, 0.5) is 11.8 Å². The van der Waals surface area contributed by atoms with Crippen LogP contribution in [-0.2, 0) is 0 Å². The molecule has 3 rings (SSSR count). The van der Waals surface area contributed by atoms with E-state index in [0.29, 0.717) is 29.1 Å². The number of hydrogen-bond acceptors (Lipinski definition) is 7. The maximum atomic E-state index is 12.7. The monoisotopic (exact) mass is 413 g/mol. The molecule has 1 amide bonds. The van der Waals surface area contributed by atoms with E-state index in [2.05, 4.69) is 20.6 Å². The number of rotatable bonds is 7. The molecule has 2 aromatic rings. The number of anilines is 2. The molecule has 0 spiro atoms. The highest BCUT2D eigenvalue weighted by Crippen LogP contribution is 2.25. The van der Waals surface area contributed by atoms with Crippen LogP contribution in [0.25, 0.3) is 0 Å². The first-order valence-corrected chi connectivity index (χ1v) is 10.2. The number of ether oxygens (including phenoxy) is 2. The van der Waals surface area contributed by atoms with Crippen molar-refractivity contribution >= 4 is 17.7 Å². The summed E-state index contributed by atoms with van der Waals surface area (Å²) < 4.78 is 10.5. The number of aromatic nitrogens is 2. The Balaban J connectivity index is 1.55. The molecule has 0 atom stereocenters. The minimum absolute atomic E-state index is 0.110. The lowest BCUT2D eigenvalue weighted by atomic mass is 9.91. The van der Waals surface area contributed by atoms with E-state index in [9.17, 15) is 4.79 Å². The smallest absolute Gasteiger partial charge is 0.251 e. The van der Waals surface area contributed by atoms with Gasteiger partial charge < -0.3 is 25.0 Å². The third-order valence-electron chi connectivity index (χ3n) is 5.38. The quantitative estimate of drug-likeness (QED) is 0.721. The average molecular weight is 414 g/mol. The standard InChI is InChI=1S/C22H31N5O3/c1-14-13-23-22(26-20(14)27(2)3)25-17-8-6-16(7-9-17)24-21(28)15-10-18(29-4)12-19(11-15)30-5/h10-13,16-17H,6-9H2,1-5H3,(H,24,28)(H,23,25,26)/t16-,17+. The maximum absolute atomic E-state index is 12.7. The molecule has 1 aromatic carbocycles. The van der Waals surface area contributed by atoms with E-state index in [-0.39, 0.29) is 11.9 Å². The van der Waals surface area contributed by atoms with Crippen LogP contribution in [-0.4, -0.2) is 56.3 Å². The second-order valence-electron chi connectivity index (χ2n) is 7.86. The van der Waals surface area contributed by atoms with Gasteiger partial charge in [0, 0.05) is 49.6 Å². The molecule has 0 saturated heterocycles. The predicted molar refractivity (Wildman–Crippen MR) is 118 cm³/mol. The fraction of sp³-hybridized carbons (Fsp3) is 0.500. The van der Waals surface area contributed by atoms with Gasteiger partial charge in [0.2, 0.25) is 5.95 Å². The lowest BCUT2D eigenvalue weighted by Crippen LogP contribution is -2.40. The van der Waals surface area contributed by atoms with Gasteiger partial charge in [0.05, 0.1) is 14.2 Å². The van der Waals surface area contributed by atoms with E-state index in [1.165, 1.54) is 0 Å². The molecule has 0 radical (unpaired) electrons. The largest absolute Gasteiger partial charge is 0.497 e. The Kier molecular flexibility index (Phi) is 6.97. The van der Waals surface area contributed by atoms with Crippen molar-refractivity contribution in [2.75, 3.05) is 38.5 Å². The van der Waals surface area contributed by atoms with Gasteiger partial charge in [-0.2, -0.15) is 4.98 Å². The van der Waals surface area contributed by atoms with Gasteiger partial charge in [-0.15, -0.1) is 0 Å². The summed E-state index contributed by atoms with van der Waals surface area (Å²) in [6, 6.07) is 5.64. The van der Waals surface area contributed by atoms with Crippen molar-refractivity contribution in [3.05, 3.63) is 35.5 Å². The minimum atomic E-state index is -0.110. The van der Waals surface area contributed by atoms with Crippen molar-refractivity contribution < 1.29 is 14.3 Å². The zero-order valence-electron chi connectivity index (χ0n) is 18.4. The zero-order valence-corrected chi connectivity index (χ0v) is 18.4. The third-order valence-corrected chi connectivity index (χ3v) is 5.38. The molecule has 0 unspecified atom stereocenters. The van der Waals surface area contributed by atoms with Crippen molar-refractivity contribution in [3.8, 4) is 11.5 Å². The second-order valence-corrected chi connectivity index (χ2v) is 7.86. The SMILES string of the molecule is COc1cc(OC)cc(C(=O)N[C@H]2CC[C@@H](Nc3ncc(C)c(N(C)C)n3)CC2)c1. The van der Waals surface area contributed by atoms with Gasteiger partial charge in [-0.25, -0.2) is 4.98 Å². The van der Waals surface area contributed by atoms with E-state index in [1.54, 1.807) is 32.4 Å². The Morgan fingerprint density at radius 3 is 2.20 bits per heavy atom. The number of nitrogens with zero attached hydrogens (tertiary/aromatic N) is 3. The molecule has 2 N–H and O–H groups in total. The van der Waals surface area contributed by atoms with E-state index in [0.717, 1.165) is 37.1 Å². The Labute approximate surface area is 178 Å². The number of benzene rings is 1. The van der Waals surface area contributed by atoms with Crippen LogP contribution in [0.5, 0.6) is 11.5 Å². The molecule has 30 heavy (non-hydrogen) atoms. The van der Waals surface area contributed by atoms with Crippen molar-refractivity contribution in [3.63, 3.8) is 0 Å². The molecule has 1 aliphatic rings. The number of carbonyl (C=O) groups excluding carboxylic acids is 1. The highest BCUT2D eigenvalue weighted by atomic mass is 16.5. The highest BCUT2D eigenvalue weighted by Gasteiger charge is 2.24. The van der Waals surface area contributed by atoms with Gasteiger partial charge in [-0.1, -0.05) is 0 Å². The van der Waals surface area contributed by atoms with Crippen LogP contribution in [0.1, 0.15) is 41.6 Å². The summed E-state index contributed by atoms with van der Waals surface area (Å²) in [4.78, 5) is 23.7. The van der Waals surface area contributed by atoms with E-state index >= 15 is 0 Å². The maximum Gasteiger partial charge on any atom is 0.251 e. The molecule has 1 heterocycles. The molecule has 1 aliphatic carbocycles. The first-order valence-electron chi connectivity index (χ1n) is 10.2.